The van der Waals surface area contributed by atoms with Gasteiger partial charge in [0.05, 0.1) is 17.5 Å². The van der Waals surface area contributed by atoms with E-state index < -0.39 is 0 Å². The molecule has 14 heavy (non-hydrogen) atoms. The van der Waals surface area contributed by atoms with Crippen LogP contribution in [0.5, 0.6) is 0 Å². The largest absolute Gasteiger partial charge is 0.288 e. The number of hydrogen-bond acceptors (Lipinski definition) is 4. The lowest BCUT2D eigenvalue weighted by Crippen LogP contribution is -2.24. The fourth-order valence-corrected chi connectivity index (χ4v) is 0.769. The molecule has 0 aromatic heterocycles. The van der Waals surface area contributed by atoms with Gasteiger partial charge in [0.15, 0.2) is 0 Å². The monoisotopic (exact) mass is 216 g/mol. The molecule has 0 aliphatic carbocycles. The predicted molar refractivity (Wildman–Crippen MR) is 58.9 cm³/mol. The van der Waals surface area contributed by atoms with Gasteiger partial charge in [-0.25, -0.2) is 0 Å². The van der Waals surface area contributed by atoms with Gasteiger partial charge in [-0.15, -0.1) is 4.91 Å². The van der Waals surface area contributed by atoms with Crippen LogP contribution in [0.4, 0.5) is 0 Å². The molecule has 0 saturated heterocycles. The molecular weight excluding hydrogens is 204 g/mol. The minimum Gasteiger partial charge on any atom is -0.288 e. The molecule has 0 saturated carbocycles. The van der Waals surface area contributed by atoms with E-state index in [0.29, 0.717) is 5.71 Å². The SMILES string of the molecule is CC/C=C\N=C(CN(C)N=O)C(=N)Cl. The molecule has 6 heteroatoms. The number of halogens is 1. The van der Waals surface area contributed by atoms with Crippen molar-refractivity contribution in [2.75, 3.05) is 13.6 Å². The Labute approximate surface area is 87.9 Å². The highest BCUT2D eigenvalue weighted by Gasteiger charge is 2.06. The zero-order valence-corrected chi connectivity index (χ0v) is 8.95. The first-order valence-electron chi connectivity index (χ1n) is 4.12. The van der Waals surface area contributed by atoms with Gasteiger partial charge in [0, 0.05) is 13.2 Å². The van der Waals surface area contributed by atoms with Crippen LogP contribution in [-0.4, -0.2) is 29.5 Å². The molecule has 0 atom stereocenters. The summed E-state index contributed by atoms with van der Waals surface area (Å²) < 4.78 is 0. The van der Waals surface area contributed by atoms with E-state index in [9.17, 15) is 4.91 Å². The highest BCUT2D eigenvalue weighted by Crippen LogP contribution is 1.94. The Morgan fingerprint density at radius 3 is 2.71 bits per heavy atom. The van der Waals surface area contributed by atoms with E-state index in [1.807, 2.05) is 13.0 Å². The number of aliphatic imine (C=N–C) groups is 1. The summed E-state index contributed by atoms with van der Waals surface area (Å²) in [6.45, 7) is 2.11. The van der Waals surface area contributed by atoms with Gasteiger partial charge in [0.25, 0.3) is 0 Å². The lowest BCUT2D eigenvalue weighted by molar-refractivity contribution is 0.402. The normalized spacial score (nSPS) is 11.8. The van der Waals surface area contributed by atoms with Crippen molar-refractivity contribution in [3.8, 4) is 0 Å². The Morgan fingerprint density at radius 2 is 2.29 bits per heavy atom. The molecule has 0 aromatic rings. The maximum absolute atomic E-state index is 10.1. The molecule has 0 aliphatic heterocycles. The van der Waals surface area contributed by atoms with E-state index in [2.05, 4.69) is 10.3 Å². The Balaban J connectivity index is 4.43. The summed E-state index contributed by atoms with van der Waals surface area (Å²) in [5, 5.41) is 10.8. The van der Waals surface area contributed by atoms with Gasteiger partial charge in [0.1, 0.15) is 5.17 Å². The van der Waals surface area contributed by atoms with E-state index in [4.69, 9.17) is 17.0 Å². The van der Waals surface area contributed by atoms with Crippen molar-refractivity contribution >= 4 is 22.5 Å². The van der Waals surface area contributed by atoms with Crippen molar-refractivity contribution < 1.29 is 0 Å². The molecule has 78 valence electrons. The summed E-state index contributed by atoms with van der Waals surface area (Å²) in [6, 6.07) is 0. The predicted octanol–water partition coefficient (Wildman–Crippen LogP) is 2.18. The quantitative estimate of drug-likeness (QED) is 0.420. The van der Waals surface area contributed by atoms with Crippen LogP contribution < -0.4 is 0 Å². The summed E-state index contributed by atoms with van der Waals surface area (Å²) in [7, 11) is 1.49. The van der Waals surface area contributed by atoms with Gasteiger partial charge < -0.3 is 0 Å². The molecule has 0 spiro atoms. The van der Waals surface area contributed by atoms with Gasteiger partial charge in [-0.1, -0.05) is 24.6 Å². The fraction of sp³-hybridized carbons (Fsp3) is 0.500. The Kier molecular flexibility index (Phi) is 6.57. The third-order valence-corrected chi connectivity index (χ3v) is 1.56. The average Bonchev–Trinajstić information content (AvgIpc) is 2.16. The number of nitrogens with one attached hydrogen (secondary N) is 1. The Morgan fingerprint density at radius 1 is 1.64 bits per heavy atom. The molecule has 0 bridgehead atoms. The summed E-state index contributed by atoms with van der Waals surface area (Å²) in [5.41, 5.74) is 0.318. The van der Waals surface area contributed by atoms with E-state index in [-0.39, 0.29) is 11.7 Å². The average molecular weight is 217 g/mol. The number of allylic oxidation sites excluding steroid dienone is 1. The van der Waals surface area contributed by atoms with Crippen molar-refractivity contribution in [2.24, 2.45) is 10.3 Å². The van der Waals surface area contributed by atoms with Crippen LogP contribution in [0.1, 0.15) is 13.3 Å². The highest BCUT2D eigenvalue weighted by molar-refractivity contribution is 6.83. The number of rotatable bonds is 6. The van der Waals surface area contributed by atoms with Crippen molar-refractivity contribution in [2.45, 2.75) is 13.3 Å². The van der Waals surface area contributed by atoms with Crippen LogP contribution in [0.2, 0.25) is 0 Å². The lowest BCUT2D eigenvalue weighted by atomic mass is 10.4. The number of nitrogens with zero attached hydrogens (tertiary/aromatic N) is 3. The topological polar surface area (TPSA) is 68.9 Å². The minimum atomic E-state index is -0.179. The molecule has 0 amide bonds. The van der Waals surface area contributed by atoms with Gasteiger partial charge in [-0.3, -0.25) is 15.4 Å². The molecule has 0 radical (unpaired) electrons. The first-order chi connectivity index (χ1) is 6.61. The first-order valence-corrected chi connectivity index (χ1v) is 4.50. The van der Waals surface area contributed by atoms with E-state index >= 15 is 0 Å². The first kappa shape index (κ1) is 12.8. The van der Waals surface area contributed by atoms with Gasteiger partial charge in [-0.05, 0) is 6.42 Å². The highest BCUT2D eigenvalue weighted by atomic mass is 35.5. The molecule has 0 unspecified atom stereocenters. The molecule has 0 heterocycles. The molecule has 1 N–H and O–H groups in total. The zero-order valence-electron chi connectivity index (χ0n) is 8.20. The summed E-state index contributed by atoms with van der Waals surface area (Å²) in [4.78, 5) is 14.0. The second-order valence-corrected chi connectivity index (χ2v) is 2.96. The standard InChI is InChI=1S/C8H13ClN4O/c1-3-4-5-11-7(8(9)10)6-13(2)12-14/h4-5,10H,3,6H2,1-2H3/b5-4-,10-8?,11-7?. The van der Waals surface area contributed by atoms with Crippen molar-refractivity contribution in [3.05, 3.63) is 17.2 Å². The van der Waals surface area contributed by atoms with E-state index in [1.165, 1.54) is 7.05 Å². The van der Waals surface area contributed by atoms with Crippen LogP contribution in [0, 0.1) is 10.3 Å². The summed E-state index contributed by atoms with van der Waals surface area (Å²) >= 11 is 5.47. The maximum Gasteiger partial charge on any atom is 0.144 e. The Bertz CT molecular complexity index is 262. The molecule has 0 fully saturated rings. The molecule has 0 aromatic carbocycles. The van der Waals surface area contributed by atoms with Crippen LogP contribution in [0.3, 0.4) is 0 Å². The second kappa shape index (κ2) is 7.20. The third-order valence-electron chi connectivity index (χ3n) is 1.34. The molecule has 0 rings (SSSR count). The van der Waals surface area contributed by atoms with Crippen molar-refractivity contribution in [3.63, 3.8) is 0 Å². The molecular formula is C8H13ClN4O. The smallest absolute Gasteiger partial charge is 0.144 e. The summed E-state index contributed by atoms with van der Waals surface area (Å²) in [6.07, 6.45) is 4.24. The molecule has 5 nitrogen and oxygen atoms in total. The lowest BCUT2D eigenvalue weighted by Gasteiger charge is -2.08. The Hall–Kier alpha value is -1.23. The van der Waals surface area contributed by atoms with Gasteiger partial charge in [0.2, 0.25) is 0 Å². The van der Waals surface area contributed by atoms with Crippen LogP contribution >= 0.6 is 11.6 Å². The zero-order chi connectivity index (χ0) is 11.0. The molecule has 0 aliphatic rings. The maximum atomic E-state index is 10.1. The summed E-state index contributed by atoms with van der Waals surface area (Å²) in [5.74, 6) is 0. The van der Waals surface area contributed by atoms with Gasteiger partial charge >= 0.3 is 0 Å². The van der Waals surface area contributed by atoms with Crippen LogP contribution in [-0.2, 0) is 0 Å². The van der Waals surface area contributed by atoms with Crippen molar-refractivity contribution in [1.29, 1.82) is 5.41 Å². The fourth-order valence-electron chi connectivity index (χ4n) is 0.661. The van der Waals surface area contributed by atoms with E-state index in [0.717, 1.165) is 11.4 Å². The van der Waals surface area contributed by atoms with E-state index in [1.54, 1.807) is 6.20 Å². The van der Waals surface area contributed by atoms with Gasteiger partial charge in [-0.2, -0.15) is 0 Å². The van der Waals surface area contributed by atoms with Crippen molar-refractivity contribution in [1.82, 2.24) is 5.01 Å². The van der Waals surface area contributed by atoms with Crippen LogP contribution in [0.15, 0.2) is 22.6 Å². The number of nitroso groups, excluding NO2 is 1. The second-order valence-electron chi connectivity index (χ2n) is 2.58. The third kappa shape index (κ3) is 5.42. The van der Waals surface area contributed by atoms with Crippen LogP contribution in [0.25, 0.3) is 0 Å². The number of hydrogen-bond donors (Lipinski definition) is 1. The minimum absolute atomic E-state index is 0.139.